The van der Waals surface area contributed by atoms with Crippen molar-refractivity contribution in [2.75, 3.05) is 54.1 Å². The molecule has 30 heavy (non-hydrogen) atoms. The fraction of sp³-hybridized carbons (Fsp3) is 0.455. The molecule has 0 spiro atoms. The van der Waals surface area contributed by atoms with Crippen LogP contribution >= 0.6 is 0 Å². The van der Waals surface area contributed by atoms with Crippen molar-refractivity contribution in [3.05, 3.63) is 40.7 Å². The number of rotatable bonds is 7. The van der Waals surface area contributed by atoms with Gasteiger partial charge >= 0.3 is 0 Å². The Bertz CT molecular complexity index is 904. The zero-order chi connectivity index (χ0) is 21.8. The first-order valence-electron chi connectivity index (χ1n) is 9.89. The second-order valence-corrected chi connectivity index (χ2v) is 7.40. The van der Waals surface area contributed by atoms with E-state index in [1.165, 1.54) is 21.3 Å². The molecule has 2 heterocycles. The molecule has 1 aliphatic rings. The van der Waals surface area contributed by atoms with Crippen LogP contribution in [0.4, 0.5) is 0 Å². The molecule has 0 aliphatic carbocycles. The number of carbonyl (C=O) groups excluding carboxylic acids is 2. The van der Waals surface area contributed by atoms with Crippen LogP contribution in [0.25, 0.3) is 0 Å². The van der Waals surface area contributed by atoms with Gasteiger partial charge in [-0.25, -0.2) is 0 Å². The summed E-state index contributed by atoms with van der Waals surface area (Å²) in [5.74, 6) is 1.34. The smallest absolute Gasteiger partial charge is 0.254 e. The number of benzene rings is 1. The summed E-state index contributed by atoms with van der Waals surface area (Å²) in [7, 11) is 4.57. The maximum atomic E-state index is 13.0. The molecule has 1 aromatic carbocycles. The van der Waals surface area contributed by atoms with E-state index >= 15 is 0 Å². The Morgan fingerprint density at radius 2 is 1.53 bits per heavy atom. The van der Waals surface area contributed by atoms with Gasteiger partial charge in [0.2, 0.25) is 5.75 Å². The molecular formula is C22H29N3O5. The van der Waals surface area contributed by atoms with Gasteiger partial charge in [0, 0.05) is 48.7 Å². The molecule has 8 heteroatoms. The first-order chi connectivity index (χ1) is 14.4. The minimum Gasteiger partial charge on any atom is -0.493 e. The van der Waals surface area contributed by atoms with Crippen LogP contribution in [0, 0.1) is 13.8 Å². The van der Waals surface area contributed by atoms with Gasteiger partial charge in [-0.1, -0.05) is 0 Å². The van der Waals surface area contributed by atoms with Crippen molar-refractivity contribution in [3.8, 4) is 17.2 Å². The summed E-state index contributed by atoms with van der Waals surface area (Å²) in [5.41, 5.74) is 3.10. The Labute approximate surface area is 176 Å². The van der Waals surface area contributed by atoms with Crippen LogP contribution < -0.4 is 14.2 Å². The lowest BCUT2D eigenvalue weighted by atomic mass is 10.1. The molecule has 0 radical (unpaired) electrons. The monoisotopic (exact) mass is 415 g/mol. The van der Waals surface area contributed by atoms with E-state index in [2.05, 4.69) is 9.88 Å². The maximum absolute atomic E-state index is 13.0. The van der Waals surface area contributed by atoms with E-state index in [0.29, 0.717) is 55.5 Å². The minimum atomic E-state index is -0.0997. The second kappa shape index (κ2) is 9.21. The van der Waals surface area contributed by atoms with Gasteiger partial charge in [0.1, 0.15) is 0 Å². The number of ketones is 1. The average Bonchev–Trinajstić information content (AvgIpc) is 3.10. The summed E-state index contributed by atoms with van der Waals surface area (Å²) < 4.78 is 16.0. The van der Waals surface area contributed by atoms with Gasteiger partial charge in [-0.05, 0) is 32.0 Å². The zero-order valence-corrected chi connectivity index (χ0v) is 18.2. The number of aryl methyl sites for hydroxylation is 2. The van der Waals surface area contributed by atoms with Gasteiger partial charge in [-0.3, -0.25) is 14.5 Å². The molecule has 1 amide bonds. The molecule has 162 valence electrons. The van der Waals surface area contributed by atoms with Crippen molar-refractivity contribution >= 4 is 11.7 Å². The molecule has 1 aromatic heterocycles. The second-order valence-electron chi connectivity index (χ2n) is 7.40. The van der Waals surface area contributed by atoms with Crippen molar-refractivity contribution in [3.63, 3.8) is 0 Å². The van der Waals surface area contributed by atoms with Crippen LogP contribution in [0.3, 0.4) is 0 Å². The van der Waals surface area contributed by atoms with Gasteiger partial charge < -0.3 is 24.1 Å². The highest BCUT2D eigenvalue weighted by Crippen LogP contribution is 2.38. The van der Waals surface area contributed by atoms with E-state index in [9.17, 15) is 9.59 Å². The molecule has 3 rings (SSSR count). The summed E-state index contributed by atoms with van der Waals surface area (Å²) >= 11 is 0. The summed E-state index contributed by atoms with van der Waals surface area (Å²) in [4.78, 5) is 32.7. The Kier molecular flexibility index (Phi) is 6.66. The summed E-state index contributed by atoms with van der Waals surface area (Å²) in [6.07, 6.45) is 0. The molecule has 0 saturated carbocycles. The number of methoxy groups -OCH3 is 3. The van der Waals surface area contributed by atoms with Crippen molar-refractivity contribution in [1.29, 1.82) is 0 Å². The van der Waals surface area contributed by atoms with Gasteiger partial charge in [0.05, 0.1) is 27.9 Å². The topological polar surface area (TPSA) is 84.1 Å². The van der Waals surface area contributed by atoms with Crippen LogP contribution in [-0.4, -0.2) is 80.5 Å². The van der Waals surface area contributed by atoms with E-state index < -0.39 is 0 Å². The van der Waals surface area contributed by atoms with Gasteiger partial charge in [0.15, 0.2) is 17.3 Å². The van der Waals surface area contributed by atoms with Crippen molar-refractivity contribution in [1.82, 2.24) is 14.8 Å². The minimum absolute atomic E-state index is 0.0984. The third-order valence-corrected chi connectivity index (χ3v) is 5.39. The lowest BCUT2D eigenvalue weighted by Crippen LogP contribution is -2.49. The number of Topliss-reactive ketones (excluding diaryl/α,β-unsaturated/α-hetero) is 1. The van der Waals surface area contributed by atoms with Crippen molar-refractivity contribution in [2.24, 2.45) is 0 Å². The number of aromatic nitrogens is 1. The normalized spacial score (nSPS) is 14.5. The number of amides is 1. The fourth-order valence-corrected chi connectivity index (χ4v) is 3.80. The Morgan fingerprint density at radius 3 is 2.00 bits per heavy atom. The molecule has 0 atom stereocenters. The van der Waals surface area contributed by atoms with E-state index in [1.807, 2.05) is 19.9 Å². The highest BCUT2D eigenvalue weighted by Gasteiger charge is 2.26. The third-order valence-electron chi connectivity index (χ3n) is 5.39. The molecule has 0 bridgehead atoms. The number of aromatic amines is 1. The molecule has 8 nitrogen and oxygen atoms in total. The Hall–Kier alpha value is -3.00. The predicted molar refractivity (Wildman–Crippen MR) is 113 cm³/mol. The zero-order valence-electron chi connectivity index (χ0n) is 18.2. The molecule has 1 fully saturated rings. The number of piperazine rings is 1. The van der Waals surface area contributed by atoms with Gasteiger partial charge in [0.25, 0.3) is 5.91 Å². The van der Waals surface area contributed by atoms with Crippen LogP contribution in [0.1, 0.15) is 32.1 Å². The molecule has 1 saturated heterocycles. The number of hydrogen-bond donors (Lipinski definition) is 1. The number of H-pyrrole nitrogens is 1. The first-order valence-corrected chi connectivity index (χ1v) is 9.89. The molecule has 1 aliphatic heterocycles. The summed E-state index contributed by atoms with van der Waals surface area (Å²) in [6, 6.07) is 5.22. The van der Waals surface area contributed by atoms with Crippen LogP contribution in [0.5, 0.6) is 17.2 Å². The fourth-order valence-electron chi connectivity index (χ4n) is 3.80. The standard InChI is InChI=1S/C22H29N3O5/c1-14-10-17(15(2)23-14)18(26)13-24-6-8-25(9-7-24)22(27)16-11-19(28-3)21(30-5)20(12-16)29-4/h10-12,23H,6-9,13H2,1-5H3. The Balaban J connectivity index is 1.64. The molecule has 0 unspecified atom stereocenters. The van der Waals surface area contributed by atoms with Gasteiger partial charge in [-0.15, -0.1) is 0 Å². The maximum Gasteiger partial charge on any atom is 0.254 e. The van der Waals surface area contributed by atoms with E-state index in [1.54, 1.807) is 17.0 Å². The molecule has 2 aromatic rings. The number of hydrogen-bond acceptors (Lipinski definition) is 6. The summed E-state index contributed by atoms with van der Waals surface area (Å²) in [6.45, 7) is 6.59. The van der Waals surface area contributed by atoms with Gasteiger partial charge in [-0.2, -0.15) is 0 Å². The highest BCUT2D eigenvalue weighted by molar-refractivity contribution is 5.99. The van der Waals surface area contributed by atoms with Crippen LogP contribution in [0.2, 0.25) is 0 Å². The van der Waals surface area contributed by atoms with E-state index in [-0.39, 0.29) is 11.7 Å². The third kappa shape index (κ3) is 4.43. The van der Waals surface area contributed by atoms with Crippen molar-refractivity contribution in [2.45, 2.75) is 13.8 Å². The summed E-state index contributed by atoms with van der Waals surface area (Å²) in [5, 5.41) is 0. The predicted octanol–water partition coefficient (Wildman–Crippen LogP) is 2.30. The number of carbonyl (C=O) groups is 2. The number of ether oxygens (including phenoxy) is 3. The Morgan fingerprint density at radius 1 is 0.933 bits per heavy atom. The SMILES string of the molecule is COc1cc(C(=O)N2CCN(CC(=O)c3cc(C)[nH]c3C)CC2)cc(OC)c1OC. The molecular weight excluding hydrogens is 386 g/mol. The van der Waals surface area contributed by atoms with Crippen LogP contribution in [-0.2, 0) is 0 Å². The molecule has 1 N–H and O–H groups in total. The lowest BCUT2D eigenvalue weighted by molar-refractivity contribution is 0.0623. The quantitative estimate of drug-likeness (QED) is 0.699. The lowest BCUT2D eigenvalue weighted by Gasteiger charge is -2.34. The first kappa shape index (κ1) is 21.7. The number of nitrogens with one attached hydrogen (secondary N) is 1. The number of nitrogens with zero attached hydrogens (tertiary/aromatic N) is 2. The van der Waals surface area contributed by atoms with Crippen molar-refractivity contribution < 1.29 is 23.8 Å². The highest BCUT2D eigenvalue weighted by atomic mass is 16.5. The largest absolute Gasteiger partial charge is 0.493 e. The van der Waals surface area contributed by atoms with E-state index in [0.717, 1.165) is 17.0 Å². The average molecular weight is 415 g/mol. The van der Waals surface area contributed by atoms with E-state index in [4.69, 9.17) is 14.2 Å². The van der Waals surface area contributed by atoms with Crippen LogP contribution in [0.15, 0.2) is 18.2 Å².